The van der Waals surface area contributed by atoms with Gasteiger partial charge in [-0.05, 0) is 62.8 Å². The third-order valence-electron chi connectivity index (χ3n) is 6.42. The summed E-state index contributed by atoms with van der Waals surface area (Å²) >= 11 is 0. The molecule has 0 radical (unpaired) electrons. The van der Waals surface area contributed by atoms with Gasteiger partial charge in [0.1, 0.15) is 7.05 Å². The van der Waals surface area contributed by atoms with E-state index in [1.54, 1.807) is 0 Å². The molecule has 3 aromatic heterocycles. The number of fused-ring (bicyclic) bond motifs is 3. The minimum Gasteiger partial charge on any atom is -0.437 e. The van der Waals surface area contributed by atoms with Crippen molar-refractivity contribution in [1.82, 2.24) is 4.98 Å². The second kappa shape index (κ2) is 6.44. The Bertz CT molecular complexity index is 1210. The highest BCUT2D eigenvalue weighted by Gasteiger charge is 2.26. The lowest BCUT2D eigenvalue weighted by Gasteiger charge is -2.14. The Morgan fingerprint density at radius 1 is 0.964 bits per heavy atom. The van der Waals surface area contributed by atoms with Crippen molar-refractivity contribution in [2.24, 2.45) is 7.05 Å². The van der Waals surface area contributed by atoms with Crippen LogP contribution in [0.25, 0.3) is 33.3 Å². The van der Waals surface area contributed by atoms with Crippen LogP contribution in [0, 0.1) is 20.8 Å². The summed E-state index contributed by atoms with van der Waals surface area (Å²) in [6, 6.07) is 11.0. The van der Waals surface area contributed by atoms with Crippen molar-refractivity contribution in [3.63, 3.8) is 0 Å². The topological polar surface area (TPSA) is 29.9 Å². The predicted octanol–water partition coefficient (Wildman–Crippen LogP) is 6.06. The molecule has 3 heteroatoms. The van der Waals surface area contributed by atoms with Gasteiger partial charge in [-0.3, -0.25) is 0 Å². The number of nitrogens with zero attached hydrogens (tertiary/aromatic N) is 2. The van der Waals surface area contributed by atoms with Crippen LogP contribution < -0.4 is 4.57 Å². The summed E-state index contributed by atoms with van der Waals surface area (Å²) in [7, 11) is 2.14. The molecule has 0 bridgehead atoms. The van der Waals surface area contributed by atoms with Gasteiger partial charge < -0.3 is 4.42 Å². The summed E-state index contributed by atoms with van der Waals surface area (Å²) < 4.78 is 8.58. The van der Waals surface area contributed by atoms with Crippen molar-refractivity contribution >= 4 is 22.1 Å². The number of aryl methyl sites for hydroxylation is 4. The van der Waals surface area contributed by atoms with Crippen LogP contribution in [0.15, 0.2) is 40.9 Å². The standard InChI is InChI=1S/C25H27N2O/c1-15-9-11-19-20-12-10-17(3)26-25(20)28-24(19)23(15)22-13-21(16(2)14-27(22)4)18-7-5-6-8-18/h9-14,18H,5-8H2,1-4H3/q+1. The number of hydrogen-bond donors (Lipinski definition) is 0. The van der Waals surface area contributed by atoms with E-state index >= 15 is 0 Å². The molecule has 1 fully saturated rings. The van der Waals surface area contributed by atoms with Crippen LogP contribution in [0.1, 0.15) is 54.0 Å². The fourth-order valence-electron chi connectivity index (χ4n) is 4.95. The first-order chi connectivity index (χ1) is 13.5. The predicted molar refractivity (Wildman–Crippen MR) is 114 cm³/mol. The van der Waals surface area contributed by atoms with E-state index in [2.05, 4.69) is 67.0 Å². The van der Waals surface area contributed by atoms with Crippen LogP contribution in [0.5, 0.6) is 0 Å². The quantitative estimate of drug-likeness (QED) is 0.401. The molecule has 1 saturated carbocycles. The molecule has 0 spiro atoms. The molecule has 1 aliphatic carbocycles. The van der Waals surface area contributed by atoms with Crippen LogP contribution >= 0.6 is 0 Å². The Balaban J connectivity index is 1.80. The van der Waals surface area contributed by atoms with E-state index in [1.165, 1.54) is 53.6 Å². The number of hydrogen-bond acceptors (Lipinski definition) is 2. The van der Waals surface area contributed by atoms with Crippen molar-refractivity contribution < 1.29 is 8.98 Å². The first-order valence-corrected chi connectivity index (χ1v) is 10.3. The fraction of sp³-hybridized carbons (Fsp3) is 0.360. The number of pyridine rings is 2. The van der Waals surface area contributed by atoms with Gasteiger partial charge in [0.25, 0.3) is 0 Å². The second-order valence-corrected chi connectivity index (χ2v) is 8.43. The Kier molecular flexibility index (Phi) is 4.01. The van der Waals surface area contributed by atoms with E-state index in [-0.39, 0.29) is 0 Å². The van der Waals surface area contributed by atoms with Gasteiger partial charge in [-0.25, -0.2) is 9.55 Å². The highest BCUT2D eigenvalue weighted by Crippen LogP contribution is 2.39. The lowest BCUT2D eigenvalue weighted by Crippen LogP contribution is -2.32. The van der Waals surface area contributed by atoms with E-state index < -0.39 is 0 Å². The van der Waals surface area contributed by atoms with E-state index in [0.29, 0.717) is 5.92 Å². The summed E-state index contributed by atoms with van der Waals surface area (Å²) in [5.74, 6) is 0.694. The van der Waals surface area contributed by atoms with Crippen LogP contribution in [-0.2, 0) is 7.05 Å². The zero-order valence-corrected chi connectivity index (χ0v) is 17.2. The molecule has 28 heavy (non-hydrogen) atoms. The zero-order chi connectivity index (χ0) is 19.4. The number of aromatic nitrogens is 2. The van der Waals surface area contributed by atoms with Crippen LogP contribution in [-0.4, -0.2) is 4.98 Å². The summed E-state index contributed by atoms with van der Waals surface area (Å²) in [6.45, 7) is 6.43. The van der Waals surface area contributed by atoms with Gasteiger partial charge in [0.15, 0.2) is 11.8 Å². The van der Waals surface area contributed by atoms with Gasteiger partial charge in [0.05, 0.1) is 5.56 Å². The number of furan rings is 1. The molecule has 5 rings (SSSR count). The third-order valence-corrected chi connectivity index (χ3v) is 6.42. The Hall–Kier alpha value is -2.68. The van der Waals surface area contributed by atoms with Gasteiger partial charge in [-0.15, -0.1) is 0 Å². The van der Waals surface area contributed by atoms with Crippen molar-refractivity contribution in [3.05, 3.63) is 58.9 Å². The molecule has 1 aromatic carbocycles. The molecule has 0 unspecified atom stereocenters. The molecule has 0 amide bonds. The first kappa shape index (κ1) is 17.4. The largest absolute Gasteiger partial charge is 0.437 e. The molecule has 4 aromatic rings. The fourth-order valence-corrected chi connectivity index (χ4v) is 4.95. The maximum absolute atomic E-state index is 6.33. The molecule has 0 saturated heterocycles. The number of rotatable bonds is 2. The molecule has 0 atom stereocenters. The van der Waals surface area contributed by atoms with Crippen molar-refractivity contribution in [2.45, 2.75) is 52.4 Å². The highest BCUT2D eigenvalue weighted by molar-refractivity contribution is 6.08. The molecule has 3 heterocycles. The highest BCUT2D eigenvalue weighted by atomic mass is 16.3. The van der Waals surface area contributed by atoms with E-state index in [9.17, 15) is 0 Å². The minimum absolute atomic E-state index is 0.694. The smallest absolute Gasteiger partial charge is 0.227 e. The van der Waals surface area contributed by atoms with Gasteiger partial charge in [-0.2, -0.15) is 0 Å². The van der Waals surface area contributed by atoms with E-state index in [0.717, 1.165) is 27.8 Å². The summed E-state index contributed by atoms with van der Waals surface area (Å²) in [6.07, 6.45) is 7.61. The van der Waals surface area contributed by atoms with Crippen molar-refractivity contribution in [3.8, 4) is 11.3 Å². The maximum Gasteiger partial charge on any atom is 0.227 e. The normalized spacial score (nSPS) is 15.1. The molecule has 3 nitrogen and oxygen atoms in total. The zero-order valence-electron chi connectivity index (χ0n) is 17.2. The van der Waals surface area contributed by atoms with Crippen LogP contribution in [0.2, 0.25) is 0 Å². The van der Waals surface area contributed by atoms with E-state index in [4.69, 9.17) is 4.42 Å². The summed E-state index contributed by atoms with van der Waals surface area (Å²) in [5, 5.41) is 2.23. The minimum atomic E-state index is 0.694. The molecular weight excluding hydrogens is 344 g/mol. The summed E-state index contributed by atoms with van der Waals surface area (Å²) in [5.41, 5.74) is 9.21. The summed E-state index contributed by atoms with van der Waals surface area (Å²) in [4.78, 5) is 4.62. The van der Waals surface area contributed by atoms with Gasteiger partial charge in [0.2, 0.25) is 11.4 Å². The monoisotopic (exact) mass is 371 g/mol. The lowest BCUT2D eigenvalue weighted by atomic mass is 9.91. The van der Waals surface area contributed by atoms with Gasteiger partial charge >= 0.3 is 0 Å². The SMILES string of the molecule is Cc1ccc2c(n1)oc1c(-c3cc(C4CCCC4)c(C)c[n+]3C)c(C)ccc12. The Morgan fingerprint density at radius 3 is 2.50 bits per heavy atom. The second-order valence-electron chi connectivity index (χ2n) is 8.43. The Labute approximate surface area is 166 Å². The third kappa shape index (κ3) is 2.64. The van der Waals surface area contributed by atoms with Gasteiger partial charge in [-0.1, -0.05) is 25.0 Å². The van der Waals surface area contributed by atoms with Gasteiger partial charge in [0, 0.05) is 28.1 Å². The van der Waals surface area contributed by atoms with Crippen molar-refractivity contribution in [1.29, 1.82) is 0 Å². The average molecular weight is 372 g/mol. The number of benzene rings is 1. The average Bonchev–Trinajstić information content (AvgIpc) is 3.30. The van der Waals surface area contributed by atoms with Crippen molar-refractivity contribution in [2.75, 3.05) is 0 Å². The van der Waals surface area contributed by atoms with Crippen LogP contribution in [0.3, 0.4) is 0 Å². The van der Waals surface area contributed by atoms with E-state index in [1.807, 2.05) is 6.92 Å². The molecule has 0 aliphatic heterocycles. The molecule has 1 aliphatic rings. The molecule has 0 N–H and O–H groups in total. The molecule has 142 valence electrons. The lowest BCUT2D eigenvalue weighted by molar-refractivity contribution is -0.660. The Morgan fingerprint density at radius 2 is 1.71 bits per heavy atom. The molecular formula is C25H27N2O+. The first-order valence-electron chi connectivity index (χ1n) is 10.3. The van der Waals surface area contributed by atoms with Crippen LogP contribution in [0.4, 0.5) is 0 Å². The maximum atomic E-state index is 6.33.